The number of nitrogens with zero attached hydrogens (tertiary/aromatic N) is 2. The predicted octanol–water partition coefficient (Wildman–Crippen LogP) is 0.871. The molecular formula is C15H14N3O5-. The Kier molecular flexibility index (Phi) is 5.28. The van der Waals surface area contributed by atoms with Gasteiger partial charge >= 0.3 is 0 Å². The molecule has 1 amide bonds. The first-order chi connectivity index (χ1) is 11.0. The summed E-state index contributed by atoms with van der Waals surface area (Å²) in [6.45, 7) is 0.962. The minimum atomic E-state index is -0.802. The molecule has 1 aromatic rings. The normalized spacial score (nSPS) is 17.5. The van der Waals surface area contributed by atoms with Gasteiger partial charge in [0.2, 0.25) is 0 Å². The summed E-state index contributed by atoms with van der Waals surface area (Å²) in [6.07, 6.45) is 2.94. The van der Waals surface area contributed by atoms with E-state index in [4.69, 9.17) is 10.00 Å². The van der Waals surface area contributed by atoms with E-state index in [0.717, 1.165) is 25.0 Å². The molecule has 0 aromatic heterocycles. The molecule has 1 atom stereocenters. The van der Waals surface area contributed by atoms with Gasteiger partial charge in [0.1, 0.15) is 11.6 Å². The summed E-state index contributed by atoms with van der Waals surface area (Å²) in [7, 11) is 0. The Balaban J connectivity index is 2.11. The van der Waals surface area contributed by atoms with Crippen LogP contribution in [0.3, 0.4) is 0 Å². The highest BCUT2D eigenvalue weighted by molar-refractivity contribution is 6.01. The van der Waals surface area contributed by atoms with Gasteiger partial charge in [0.25, 0.3) is 11.6 Å². The summed E-state index contributed by atoms with van der Waals surface area (Å²) in [6, 6.07) is 5.13. The Hall–Kier alpha value is -2.92. The van der Waals surface area contributed by atoms with Crippen molar-refractivity contribution in [3.8, 4) is 11.8 Å². The van der Waals surface area contributed by atoms with Gasteiger partial charge in [-0.05, 0) is 30.2 Å². The third kappa shape index (κ3) is 4.28. The molecule has 0 saturated carbocycles. The molecule has 120 valence electrons. The summed E-state index contributed by atoms with van der Waals surface area (Å²) < 4.78 is 5.36. The van der Waals surface area contributed by atoms with Gasteiger partial charge < -0.3 is 15.2 Å². The first-order valence-electron chi connectivity index (χ1n) is 6.98. The van der Waals surface area contributed by atoms with Gasteiger partial charge in [0.15, 0.2) is 0 Å². The average molecular weight is 316 g/mol. The highest BCUT2D eigenvalue weighted by Gasteiger charge is 2.17. The van der Waals surface area contributed by atoms with Crippen molar-refractivity contribution in [3.05, 3.63) is 39.4 Å². The van der Waals surface area contributed by atoms with Crippen molar-refractivity contribution in [2.45, 2.75) is 18.9 Å². The van der Waals surface area contributed by atoms with Gasteiger partial charge in [-0.2, -0.15) is 5.26 Å². The number of nitrogens with one attached hydrogen (secondary N) is 1. The number of nitro groups is 1. The van der Waals surface area contributed by atoms with E-state index in [-0.39, 0.29) is 17.2 Å². The lowest BCUT2D eigenvalue weighted by atomic mass is 10.1. The van der Waals surface area contributed by atoms with Crippen molar-refractivity contribution in [1.29, 1.82) is 5.26 Å². The van der Waals surface area contributed by atoms with Crippen molar-refractivity contribution >= 4 is 17.7 Å². The minimum absolute atomic E-state index is 0.0558. The molecule has 23 heavy (non-hydrogen) atoms. The summed E-state index contributed by atoms with van der Waals surface area (Å²) in [5, 5.41) is 33.7. The lowest BCUT2D eigenvalue weighted by Gasteiger charge is -2.10. The number of hydrogen-bond donors (Lipinski definition) is 1. The zero-order valence-electron chi connectivity index (χ0n) is 12.2. The van der Waals surface area contributed by atoms with Crippen LogP contribution in [0.1, 0.15) is 18.4 Å². The topological polar surface area (TPSA) is 128 Å². The first kappa shape index (κ1) is 16.5. The molecule has 1 fully saturated rings. The largest absolute Gasteiger partial charge is 0.868 e. The second-order valence-corrected chi connectivity index (χ2v) is 5.00. The molecule has 1 N–H and O–H groups in total. The lowest BCUT2D eigenvalue weighted by Crippen LogP contribution is -2.32. The molecule has 1 aliphatic heterocycles. The number of rotatable bonds is 5. The van der Waals surface area contributed by atoms with Crippen LogP contribution in [0, 0.1) is 21.4 Å². The smallest absolute Gasteiger partial charge is 0.262 e. The predicted molar refractivity (Wildman–Crippen MR) is 78.1 cm³/mol. The van der Waals surface area contributed by atoms with Crippen molar-refractivity contribution in [2.75, 3.05) is 13.2 Å². The maximum Gasteiger partial charge on any atom is 0.262 e. The number of amides is 1. The van der Waals surface area contributed by atoms with Gasteiger partial charge in [0.05, 0.1) is 11.0 Å². The van der Waals surface area contributed by atoms with Crippen molar-refractivity contribution in [3.63, 3.8) is 0 Å². The zero-order chi connectivity index (χ0) is 16.8. The molecule has 0 aliphatic carbocycles. The van der Waals surface area contributed by atoms with Crippen LogP contribution in [0.5, 0.6) is 5.75 Å². The van der Waals surface area contributed by atoms with E-state index < -0.39 is 22.3 Å². The summed E-state index contributed by atoms with van der Waals surface area (Å²) >= 11 is 0. The Labute approximate surface area is 132 Å². The molecule has 8 nitrogen and oxygen atoms in total. The molecule has 0 bridgehead atoms. The Morgan fingerprint density at radius 1 is 1.57 bits per heavy atom. The molecular weight excluding hydrogens is 302 g/mol. The molecule has 0 unspecified atom stereocenters. The number of carbonyl (C=O) groups excluding carboxylic acids is 1. The minimum Gasteiger partial charge on any atom is -0.868 e. The Morgan fingerprint density at radius 2 is 2.35 bits per heavy atom. The molecule has 2 rings (SSSR count). The van der Waals surface area contributed by atoms with E-state index in [1.807, 2.05) is 0 Å². The fourth-order valence-corrected chi connectivity index (χ4v) is 2.19. The van der Waals surface area contributed by atoms with Crippen molar-refractivity contribution < 1.29 is 19.6 Å². The van der Waals surface area contributed by atoms with Gasteiger partial charge in [-0.15, -0.1) is 0 Å². The second kappa shape index (κ2) is 7.38. The molecule has 1 aliphatic rings. The highest BCUT2D eigenvalue weighted by Crippen LogP contribution is 2.24. The number of nitriles is 1. The monoisotopic (exact) mass is 316 g/mol. The van der Waals surface area contributed by atoms with Gasteiger partial charge in [0, 0.05) is 19.2 Å². The average Bonchev–Trinajstić information content (AvgIpc) is 3.04. The van der Waals surface area contributed by atoms with Crippen LogP contribution in [0.4, 0.5) is 5.69 Å². The number of hydrogen-bond acceptors (Lipinski definition) is 6. The van der Waals surface area contributed by atoms with E-state index in [1.54, 1.807) is 6.07 Å². The van der Waals surface area contributed by atoms with Crippen LogP contribution in [0.25, 0.3) is 6.08 Å². The van der Waals surface area contributed by atoms with Gasteiger partial charge in [-0.25, -0.2) is 0 Å². The molecule has 8 heteroatoms. The Bertz CT molecular complexity index is 687. The number of ether oxygens (including phenoxy) is 1. The fourth-order valence-electron chi connectivity index (χ4n) is 2.19. The van der Waals surface area contributed by atoms with E-state index in [2.05, 4.69) is 5.32 Å². The summed E-state index contributed by atoms with van der Waals surface area (Å²) in [5.74, 6) is -1.31. The van der Waals surface area contributed by atoms with E-state index in [1.165, 1.54) is 12.1 Å². The van der Waals surface area contributed by atoms with Gasteiger partial charge in [-0.1, -0.05) is 12.1 Å². The fraction of sp³-hybridized carbons (Fsp3) is 0.333. The maximum atomic E-state index is 12.0. The molecule has 0 radical (unpaired) electrons. The van der Waals surface area contributed by atoms with E-state index >= 15 is 0 Å². The third-order valence-electron chi connectivity index (χ3n) is 3.37. The molecule has 1 aromatic carbocycles. The zero-order valence-corrected chi connectivity index (χ0v) is 12.2. The highest BCUT2D eigenvalue weighted by atomic mass is 16.6. The van der Waals surface area contributed by atoms with Crippen LogP contribution >= 0.6 is 0 Å². The quantitative estimate of drug-likeness (QED) is 0.371. The standard InChI is InChI=1S/C15H15N3O5/c16-8-11(15(20)17-9-12-2-1-5-23-12)6-10-3-4-14(19)13(7-10)18(21)22/h3-4,6-7,12,19H,1-2,5,9H2,(H,17,20)/p-1/b11-6+/t12-/m0/s1. The van der Waals surface area contributed by atoms with Crippen molar-refractivity contribution in [1.82, 2.24) is 5.32 Å². The molecule has 1 saturated heterocycles. The van der Waals surface area contributed by atoms with Crippen molar-refractivity contribution in [2.24, 2.45) is 0 Å². The SMILES string of the molecule is N#C/C(=C\c1ccc([O-])c([N+](=O)[O-])c1)C(=O)NC[C@@H]1CCCO1. The van der Waals surface area contributed by atoms with Crippen LogP contribution < -0.4 is 10.4 Å². The second-order valence-electron chi connectivity index (χ2n) is 5.00. The summed E-state index contributed by atoms with van der Waals surface area (Å²) in [5.41, 5.74) is -0.563. The lowest BCUT2D eigenvalue weighted by molar-refractivity contribution is -0.398. The van der Waals surface area contributed by atoms with E-state index in [0.29, 0.717) is 13.2 Å². The number of carbonyl (C=O) groups is 1. The third-order valence-corrected chi connectivity index (χ3v) is 3.37. The van der Waals surface area contributed by atoms with E-state index in [9.17, 15) is 20.0 Å². The summed E-state index contributed by atoms with van der Waals surface area (Å²) in [4.78, 5) is 21.9. The number of benzene rings is 1. The molecule has 0 spiro atoms. The van der Waals surface area contributed by atoms with Crippen LogP contribution in [0.15, 0.2) is 23.8 Å². The van der Waals surface area contributed by atoms with Crippen LogP contribution in [0.2, 0.25) is 0 Å². The van der Waals surface area contributed by atoms with Crippen LogP contribution in [-0.2, 0) is 9.53 Å². The number of nitro benzene ring substituents is 1. The van der Waals surface area contributed by atoms with Gasteiger partial charge in [-0.3, -0.25) is 14.9 Å². The molecule has 1 heterocycles. The Morgan fingerprint density at radius 3 is 2.96 bits per heavy atom. The first-order valence-corrected chi connectivity index (χ1v) is 6.98. The van der Waals surface area contributed by atoms with Crippen LogP contribution in [-0.4, -0.2) is 30.1 Å². The maximum absolute atomic E-state index is 12.0.